The number of rotatable bonds is 6. The first-order chi connectivity index (χ1) is 14.3. The Bertz CT molecular complexity index is 817. The van der Waals surface area contributed by atoms with Gasteiger partial charge in [-0.05, 0) is 32.3 Å². The molecule has 3 rings (SSSR count). The van der Waals surface area contributed by atoms with Crippen LogP contribution in [0.4, 0.5) is 0 Å². The molecule has 1 fully saturated rings. The summed E-state index contributed by atoms with van der Waals surface area (Å²) in [5.41, 5.74) is 1.22. The molecule has 2 aromatic rings. The fourth-order valence-electron chi connectivity index (χ4n) is 3.69. The molecule has 8 heteroatoms. The van der Waals surface area contributed by atoms with Crippen molar-refractivity contribution in [1.29, 1.82) is 0 Å². The summed E-state index contributed by atoms with van der Waals surface area (Å²) >= 11 is 0. The van der Waals surface area contributed by atoms with Gasteiger partial charge in [-0.2, -0.15) is 4.98 Å². The van der Waals surface area contributed by atoms with Gasteiger partial charge in [-0.3, -0.25) is 4.90 Å². The number of nitrogens with zero attached hydrogens (tertiary/aromatic N) is 4. The van der Waals surface area contributed by atoms with E-state index >= 15 is 0 Å². The quantitative estimate of drug-likeness (QED) is 0.327. The van der Waals surface area contributed by atoms with Gasteiger partial charge in [0.25, 0.3) is 0 Å². The lowest BCUT2D eigenvalue weighted by atomic mass is 9.97. The van der Waals surface area contributed by atoms with Crippen LogP contribution < -0.4 is 10.6 Å². The van der Waals surface area contributed by atoms with Gasteiger partial charge in [0.1, 0.15) is 6.54 Å². The van der Waals surface area contributed by atoms with E-state index in [0.29, 0.717) is 30.3 Å². The molecule has 2 heterocycles. The second-order valence-corrected chi connectivity index (χ2v) is 9.13. The van der Waals surface area contributed by atoms with E-state index in [4.69, 9.17) is 4.52 Å². The molecule has 0 amide bonds. The van der Waals surface area contributed by atoms with E-state index in [1.165, 1.54) is 5.56 Å². The van der Waals surface area contributed by atoms with Gasteiger partial charge < -0.3 is 15.2 Å². The summed E-state index contributed by atoms with van der Waals surface area (Å²) in [5, 5.41) is 11.0. The molecule has 1 aliphatic rings. The smallest absolute Gasteiger partial charge is 0.232 e. The zero-order valence-corrected chi connectivity index (χ0v) is 21.7. The van der Waals surface area contributed by atoms with Crippen molar-refractivity contribution in [3.63, 3.8) is 0 Å². The van der Waals surface area contributed by atoms with E-state index in [9.17, 15) is 0 Å². The van der Waals surface area contributed by atoms with Crippen molar-refractivity contribution in [3.05, 3.63) is 47.6 Å². The Morgan fingerprint density at radius 1 is 1.26 bits per heavy atom. The average Bonchev–Trinajstić information content (AvgIpc) is 3.19. The first kappa shape index (κ1) is 25.6. The second-order valence-electron chi connectivity index (χ2n) is 9.13. The molecule has 2 atom stereocenters. The molecular weight excluding hydrogens is 503 g/mol. The van der Waals surface area contributed by atoms with Crippen LogP contribution in [0, 0.1) is 0 Å². The number of guanidine groups is 1. The Balaban J connectivity index is 0.00000341. The number of aromatic nitrogens is 2. The van der Waals surface area contributed by atoms with Crippen molar-refractivity contribution in [3.8, 4) is 0 Å². The lowest BCUT2D eigenvalue weighted by Gasteiger charge is -2.38. The minimum atomic E-state index is -0.151. The van der Waals surface area contributed by atoms with E-state index in [1.807, 2.05) is 0 Å². The predicted molar refractivity (Wildman–Crippen MR) is 136 cm³/mol. The Hall–Kier alpha value is -1.68. The molecule has 2 N–H and O–H groups in total. The van der Waals surface area contributed by atoms with Gasteiger partial charge in [-0.15, -0.1) is 24.0 Å². The van der Waals surface area contributed by atoms with Crippen molar-refractivity contribution in [2.75, 3.05) is 13.1 Å². The Labute approximate surface area is 203 Å². The molecule has 172 valence electrons. The molecule has 0 bridgehead atoms. The van der Waals surface area contributed by atoms with Crippen molar-refractivity contribution in [2.24, 2.45) is 4.99 Å². The third-order valence-corrected chi connectivity index (χ3v) is 5.42. The lowest BCUT2D eigenvalue weighted by Crippen LogP contribution is -2.51. The molecule has 0 saturated carbocycles. The monoisotopic (exact) mass is 540 g/mol. The topological polar surface area (TPSA) is 78.6 Å². The van der Waals surface area contributed by atoms with E-state index in [1.54, 1.807) is 0 Å². The Morgan fingerprint density at radius 3 is 2.61 bits per heavy atom. The summed E-state index contributed by atoms with van der Waals surface area (Å²) in [7, 11) is 0. The second kappa shape index (κ2) is 11.8. The highest BCUT2D eigenvalue weighted by molar-refractivity contribution is 14.0. The summed E-state index contributed by atoms with van der Waals surface area (Å²) in [6.45, 7) is 13.9. The van der Waals surface area contributed by atoms with E-state index in [-0.39, 0.29) is 29.4 Å². The molecule has 2 unspecified atom stereocenters. The number of hydrogen-bond donors (Lipinski definition) is 2. The summed E-state index contributed by atoms with van der Waals surface area (Å²) < 4.78 is 5.37. The minimum Gasteiger partial charge on any atom is -0.357 e. The number of piperidine rings is 1. The van der Waals surface area contributed by atoms with E-state index in [0.717, 1.165) is 38.4 Å². The third-order valence-electron chi connectivity index (χ3n) is 5.42. The van der Waals surface area contributed by atoms with Gasteiger partial charge in [0.05, 0.1) is 0 Å². The molecule has 7 nitrogen and oxygen atoms in total. The first-order valence-corrected chi connectivity index (χ1v) is 11.0. The van der Waals surface area contributed by atoms with Gasteiger partial charge in [0.2, 0.25) is 5.89 Å². The highest BCUT2D eigenvalue weighted by Crippen LogP contribution is 2.21. The van der Waals surface area contributed by atoms with Crippen LogP contribution in [0.5, 0.6) is 0 Å². The number of benzene rings is 1. The maximum Gasteiger partial charge on any atom is 0.232 e. The van der Waals surface area contributed by atoms with Gasteiger partial charge in [0.15, 0.2) is 11.8 Å². The van der Waals surface area contributed by atoms with Crippen LogP contribution in [-0.4, -0.2) is 46.2 Å². The minimum absolute atomic E-state index is 0. The number of nitrogens with one attached hydrogen (secondary N) is 2. The Morgan fingerprint density at radius 2 is 2.00 bits per heavy atom. The maximum atomic E-state index is 5.37. The molecule has 0 radical (unpaired) electrons. The summed E-state index contributed by atoms with van der Waals surface area (Å²) in [6, 6.07) is 11.6. The molecule has 1 aromatic heterocycles. The molecule has 1 saturated heterocycles. The molecule has 1 aromatic carbocycles. The third kappa shape index (κ3) is 7.75. The van der Waals surface area contributed by atoms with Gasteiger partial charge in [-0.1, -0.05) is 56.3 Å². The summed E-state index contributed by atoms with van der Waals surface area (Å²) in [5.74, 6) is 2.07. The SMILES string of the molecule is CCNC(=NCc1noc(C(C)(C)C)n1)NC1CCN(Cc2ccccc2)C(C)C1.I. The average molecular weight is 540 g/mol. The fourth-order valence-corrected chi connectivity index (χ4v) is 3.69. The predicted octanol–water partition coefficient (Wildman–Crippen LogP) is 4.09. The van der Waals surface area contributed by atoms with Crippen molar-refractivity contribution in [1.82, 2.24) is 25.7 Å². The Kier molecular flexibility index (Phi) is 9.74. The van der Waals surface area contributed by atoms with Crippen LogP contribution in [-0.2, 0) is 18.5 Å². The summed E-state index contributed by atoms with van der Waals surface area (Å²) in [4.78, 5) is 11.7. The van der Waals surface area contributed by atoms with Gasteiger partial charge in [0, 0.05) is 37.1 Å². The lowest BCUT2D eigenvalue weighted by molar-refractivity contribution is 0.134. The van der Waals surface area contributed by atoms with Crippen LogP contribution in [0.15, 0.2) is 39.8 Å². The maximum absolute atomic E-state index is 5.37. The van der Waals surface area contributed by atoms with Crippen molar-refractivity contribution in [2.45, 2.75) is 78.0 Å². The summed E-state index contributed by atoms with van der Waals surface area (Å²) in [6.07, 6.45) is 2.19. The molecule has 0 aliphatic carbocycles. The number of hydrogen-bond acceptors (Lipinski definition) is 5. The highest BCUT2D eigenvalue weighted by Gasteiger charge is 2.26. The molecule has 0 spiro atoms. The molecule has 31 heavy (non-hydrogen) atoms. The number of aliphatic imine (C=N–C) groups is 1. The zero-order valence-electron chi connectivity index (χ0n) is 19.4. The number of likely N-dealkylation sites (tertiary alicyclic amines) is 1. The normalized spacial score (nSPS) is 20.2. The highest BCUT2D eigenvalue weighted by atomic mass is 127. The van der Waals surface area contributed by atoms with Crippen LogP contribution in [0.3, 0.4) is 0 Å². The van der Waals surface area contributed by atoms with Gasteiger partial charge in [-0.25, -0.2) is 4.99 Å². The van der Waals surface area contributed by atoms with Crippen LogP contribution in [0.25, 0.3) is 0 Å². The van der Waals surface area contributed by atoms with Crippen molar-refractivity contribution < 1.29 is 4.52 Å². The molecular formula is C23H37IN6O. The van der Waals surface area contributed by atoms with Crippen molar-refractivity contribution >= 4 is 29.9 Å². The van der Waals surface area contributed by atoms with Gasteiger partial charge >= 0.3 is 0 Å². The van der Waals surface area contributed by atoms with Crippen LogP contribution in [0.2, 0.25) is 0 Å². The largest absolute Gasteiger partial charge is 0.357 e. The zero-order chi connectivity index (χ0) is 21.6. The fraction of sp³-hybridized carbons (Fsp3) is 0.609. The first-order valence-electron chi connectivity index (χ1n) is 11.0. The standard InChI is InChI=1S/C23H36N6O.HI/c1-6-24-22(25-15-20-27-21(30-28-20)23(3,4)5)26-19-12-13-29(17(2)14-19)16-18-10-8-7-9-11-18;/h7-11,17,19H,6,12-16H2,1-5H3,(H2,24,25,26);1H. The van der Waals surface area contributed by atoms with E-state index < -0.39 is 0 Å². The van der Waals surface area contributed by atoms with Crippen LogP contribution >= 0.6 is 24.0 Å². The number of halogens is 1. The van der Waals surface area contributed by atoms with E-state index in [2.05, 4.69) is 95.6 Å². The molecule has 1 aliphatic heterocycles. The van der Waals surface area contributed by atoms with Crippen LogP contribution in [0.1, 0.15) is 64.7 Å².